The van der Waals surface area contributed by atoms with Gasteiger partial charge < -0.3 is 29.9 Å². The highest BCUT2D eigenvalue weighted by Crippen LogP contribution is 2.23. The molecule has 1 heterocycles. The third kappa shape index (κ3) is 14.4. The Labute approximate surface area is 171 Å². The fourth-order valence-corrected chi connectivity index (χ4v) is 3.53. The highest BCUT2D eigenvalue weighted by atomic mass is 31.2. The standard InChI is InChI=1S/C15H29N4O7P.CH4O/c20-10-9-16-1-3-17(11-14(21)22)5-7-19(13-27(25)26)8-6-18(4-2-16)12-15(23)24;1-2/h10,25-26H,1-9,11-13H2,(H,21,22)(H,23,24);2H,1H3. The quantitative estimate of drug-likeness (QED) is 0.198. The fourth-order valence-electron chi connectivity index (χ4n) is 2.89. The highest BCUT2D eigenvalue weighted by molar-refractivity contribution is 7.44. The molecule has 0 spiro atoms. The van der Waals surface area contributed by atoms with E-state index < -0.39 is 20.3 Å². The molecule has 0 saturated carbocycles. The van der Waals surface area contributed by atoms with Gasteiger partial charge >= 0.3 is 11.9 Å². The summed E-state index contributed by atoms with van der Waals surface area (Å²) in [5.74, 6) is -1.90. The number of nitrogens with zero attached hydrogens (tertiary/aromatic N) is 4. The van der Waals surface area contributed by atoms with Crippen molar-refractivity contribution in [3.63, 3.8) is 0 Å². The summed E-state index contributed by atoms with van der Waals surface area (Å²) in [7, 11) is -1.14. The van der Waals surface area contributed by atoms with Crippen molar-refractivity contribution in [1.29, 1.82) is 0 Å². The summed E-state index contributed by atoms with van der Waals surface area (Å²) in [5, 5.41) is 25.2. The number of carbonyl (C=O) groups excluding carboxylic acids is 1. The Balaban J connectivity index is 0.00000379. The van der Waals surface area contributed by atoms with Crippen LogP contribution in [0.5, 0.6) is 0 Å². The fraction of sp³-hybridized carbons (Fsp3) is 0.812. The number of aliphatic hydroxyl groups excluding tert-OH is 1. The van der Waals surface area contributed by atoms with Crippen LogP contribution in [0.2, 0.25) is 0 Å². The summed E-state index contributed by atoms with van der Waals surface area (Å²) in [4.78, 5) is 58.9. The summed E-state index contributed by atoms with van der Waals surface area (Å²) < 4.78 is 0. The topological polar surface area (TPSA) is 165 Å². The molecule has 0 aromatic rings. The van der Waals surface area contributed by atoms with Gasteiger partial charge in [-0.25, -0.2) is 0 Å². The van der Waals surface area contributed by atoms with Gasteiger partial charge in [0.15, 0.2) is 8.38 Å². The van der Waals surface area contributed by atoms with E-state index in [1.807, 2.05) is 4.90 Å². The van der Waals surface area contributed by atoms with Gasteiger partial charge in [0.25, 0.3) is 0 Å². The van der Waals surface area contributed by atoms with Crippen LogP contribution >= 0.6 is 8.38 Å². The van der Waals surface area contributed by atoms with Crippen LogP contribution in [0.4, 0.5) is 0 Å². The second-order valence-corrected chi connectivity index (χ2v) is 7.47. The predicted molar refractivity (Wildman–Crippen MR) is 107 cm³/mol. The number of aliphatic hydroxyl groups is 1. The van der Waals surface area contributed by atoms with E-state index >= 15 is 0 Å². The Hall–Kier alpha value is -1.24. The lowest BCUT2D eigenvalue weighted by Crippen LogP contribution is -2.48. The molecule has 1 aliphatic heterocycles. The van der Waals surface area contributed by atoms with Crippen LogP contribution in [0.1, 0.15) is 0 Å². The number of rotatable bonds is 8. The van der Waals surface area contributed by atoms with Crippen molar-refractivity contribution in [2.75, 3.05) is 85.4 Å². The minimum atomic E-state index is -2.14. The normalized spacial score (nSPS) is 18.9. The summed E-state index contributed by atoms with van der Waals surface area (Å²) in [6, 6.07) is 0. The lowest BCUT2D eigenvalue weighted by molar-refractivity contribution is -0.139. The molecule has 0 amide bonds. The van der Waals surface area contributed by atoms with Crippen molar-refractivity contribution in [1.82, 2.24) is 19.6 Å². The van der Waals surface area contributed by atoms with Crippen LogP contribution < -0.4 is 0 Å². The smallest absolute Gasteiger partial charge is 0.317 e. The third-order valence-electron chi connectivity index (χ3n) is 4.31. The Kier molecular flexibility index (Phi) is 15.8. The molecule has 0 bridgehead atoms. The first-order valence-electron chi connectivity index (χ1n) is 9.16. The van der Waals surface area contributed by atoms with Crippen molar-refractivity contribution < 1.29 is 39.5 Å². The van der Waals surface area contributed by atoms with E-state index in [-0.39, 0.29) is 25.9 Å². The Bertz CT molecular complexity index is 454. The molecular weight excluding hydrogens is 407 g/mol. The zero-order chi connectivity index (χ0) is 22.2. The first-order valence-corrected chi connectivity index (χ1v) is 10.6. The average molecular weight is 440 g/mol. The number of hydrogen-bond acceptors (Lipinski definition) is 10. The second kappa shape index (κ2) is 16.5. The van der Waals surface area contributed by atoms with Gasteiger partial charge in [-0.05, 0) is 0 Å². The second-order valence-electron chi connectivity index (χ2n) is 6.44. The summed E-state index contributed by atoms with van der Waals surface area (Å²) in [6.07, 6.45) is 0.843. The van der Waals surface area contributed by atoms with E-state index in [2.05, 4.69) is 0 Å². The number of hydrogen-bond donors (Lipinski definition) is 5. The van der Waals surface area contributed by atoms with E-state index in [1.165, 1.54) is 0 Å². The number of carbonyl (C=O) groups is 3. The van der Waals surface area contributed by atoms with Crippen LogP contribution in [-0.2, 0) is 14.4 Å². The molecule has 0 aromatic carbocycles. The van der Waals surface area contributed by atoms with Crippen LogP contribution in [0.25, 0.3) is 0 Å². The molecule has 0 radical (unpaired) electrons. The first kappa shape index (κ1) is 27.8. The van der Waals surface area contributed by atoms with Crippen LogP contribution in [0.15, 0.2) is 0 Å². The van der Waals surface area contributed by atoms with E-state index in [9.17, 15) is 24.2 Å². The average Bonchev–Trinajstić information content (AvgIpc) is 2.64. The first-order chi connectivity index (χ1) is 13.8. The van der Waals surface area contributed by atoms with Gasteiger partial charge in [0.1, 0.15) is 6.29 Å². The summed E-state index contributed by atoms with van der Waals surface area (Å²) >= 11 is 0. The molecule has 0 unspecified atom stereocenters. The zero-order valence-electron chi connectivity index (χ0n) is 16.8. The maximum atomic E-state index is 11.1. The lowest BCUT2D eigenvalue weighted by Gasteiger charge is -2.33. The Morgan fingerprint density at radius 1 is 0.759 bits per heavy atom. The maximum Gasteiger partial charge on any atom is 0.317 e. The monoisotopic (exact) mass is 440 g/mol. The number of carboxylic acid groups (broad SMARTS) is 2. The molecule has 1 fully saturated rings. The number of aliphatic carboxylic acids is 2. The summed E-state index contributed by atoms with van der Waals surface area (Å²) in [6.45, 7) is 3.49. The molecule has 0 atom stereocenters. The highest BCUT2D eigenvalue weighted by Gasteiger charge is 2.19. The Morgan fingerprint density at radius 3 is 1.41 bits per heavy atom. The maximum absolute atomic E-state index is 11.1. The molecule has 1 saturated heterocycles. The molecule has 1 aliphatic rings. The van der Waals surface area contributed by atoms with Crippen molar-refractivity contribution in [3.8, 4) is 0 Å². The number of carboxylic acids is 2. The molecule has 170 valence electrons. The summed E-state index contributed by atoms with van der Waals surface area (Å²) in [5.41, 5.74) is 0. The SMILES string of the molecule is CO.O=CCN1CCN(CC(=O)O)CCN(CP(O)O)CCN(CC(=O)O)CC1. The molecule has 0 aromatic heterocycles. The van der Waals surface area contributed by atoms with Crippen molar-refractivity contribution in [2.45, 2.75) is 0 Å². The van der Waals surface area contributed by atoms with E-state index in [0.29, 0.717) is 52.4 Å². The molecule has 1 rings (SSSR count). The van der Waals surface area contributed by atoms with Gasteiger partial charge in [-0.2, -0.15) is 0 Å². The van der Waals surface area contributed by atoms with Crippen LogP contribution in [0.3, 0.4) is 0 Å². The third-order valence-corrected chi connectivity index (χ3v) is 4.96. The number of aldehydes is 1. The van der Waals surface area contributed by atoms with Gasteiger partial charge in [0.05, 0.1) is 25.9 Å². The molecule has 12 nitrogen and oxygen atoms in total. The predicted octanol–water partition coefficient (Wildman–Crippen LogP) is -2.56. The minimum absolute atomic E-state index is 0.0639. The van der Waals surface area contributed by atoms with Gasteiger partial charge in [0, 0.05) is 59.5 Å². The molecule has 29 heavy (non-hydrogen) atoms. The van der Waals surface area contributed by atoms with Crippen molar-refractivity contribution in [2.24, 2.45) is 0 Å². The van der Waals surface area contributed by atoms with Crippen molar-refractivity contribution >= 4 is 26.6 Å². The van der Waals surface area contributed by atoms with Crippen LogP contribution in [-0.4, -0.2) is 148 Å². The van der Waals surface area contributed by atoms with Crippen LogP contribution in [0, 0.1) is 0 Å². The van der Waals surface area contributed by atoms with Gasteiger partial charge in [0.2, 0.25) is 0 Å². The molecule has 0 aliphatic carbocycles. The van der Waals surface area contributed by atoms with E-state index in [0.717, 1.165) is 13.4 Å². The van der Waals surface area contributed by atoms with E-state index in [1.54, 1.807) is 14.7 Å². The molecule has 13 heteroatoms. The Morgan fingerprint density at radius 2 is 1.10 bits per heavy atom. The zero-order valence-corrected chi connectivity index (χ0v) is 17.7. The lowest BCUT2D eigenvalue weighted by atomic mass is 10.3. The minimum Gasteiger partial charge on any atom is -0.480 e. The molecule has 5 N–H and O–H groups in total. The molecular formula is C16H33N4O8P. The van der Waals surface area contributed by atoms with E-state index in [4.69, 9.17) is 15.3 Å². The van der Waals surface area contributed by atoms with Gasteiger partial charge in [-0.3, -0.25) is 29.2 Å². The van der Waals surface area contributed by atoms with Gasteiger partial charge in [-0.15, -0.1) is 0 Å². The largest absolute Gasteiger partial charge is 0.480 e. The van der Waals surface area contributed by atoms with Crippen molar-refractivity contribution in [3.05, 3.63) is 0 Å². The van der Waals surface area contributed by atoms with Gasteiger partial charge in [-0.1, -0.05) is 0 Å².